The van der Waals surface area contributed by atoms with Crippen molar-refractivity contribution in [1.29, 1.82) is 0 Å². The number of hydrogen-bond acceptors (Lipinski definition) is 3. The fourth-order valence-electron chi connectivity index (χ4n) is 2.34. The lowest BCUT2D eigenvalue weighted by molar-refractivity contribution is -0.384. The van der Waals surface area contributed by atoms with Gasteiger partial charge in [0, 0.05) is 31.1 Å². The normalized spacial score (nSPS) is 11.4. The van der Waals surface area contributed by atoms with Crippen molar-refractivity contribution in [3.05, 3.63) is 94.6 Å². The van der Waals surface area contributed by atoms with Crippen LogP contribution in [-0.4, -0.2) is 14.5 Å². The minimum atomic E-state index is -0.389. The second-order valence-electron chi connectivity index (χ2n) is 5.12. The van der Waals surface area contributed by atoms with Gasteiger partial charge < -0.3 is 4.57 Å². The van der Waals surface area contributed by atoms with Crippen molar-refractivity contribution in [2.45, 2.75) is 6.54 Å². The molecule has 3 rings (SSSR count). The van der Waals surface area contributed by atoms with Crippen molar-refractivity contribution in [3.63, 3.8) is 0 Å². The highest BCUT2D eigenvalue weighted by Gasteiger charge is 2.08. The number of non-ortho nitro benzene ring substituents is 1. The number of nitro groups is 1. The summed E-state index contributed by atoms with van der Waals surface area (Å²) in [5.41, 5.74) is 3.19. The predicted octanol–water partition coefficient (Wildman–Crippen LogP) is 4.03. The van der Waals surface area contributed by atoms with E-state index >= 15 is 0 Å². The fraction of sp³-hybridized carbons (Fsp3) is 0.0556. The van der Waals surface area contributed by atoms with Crippen LogP contribution < -0.4 is 0 Å². The van der Waals surface area contributed by atoms with Crippen molar-refractivity contribution in [3.8, 4) is 0 Å². The molecule has 0 atom stereocenters. The molecule has 0 unspecified atom stereocenters. The molecule has 0 aliphatic rings. The van der Waals surface area contributed by atoms with Crippen LogP contribution in [0.4, 0.5) is 5.69 Å². The third-order valence-electron chi connectivity index (χ3n) is 3.50. The summed E-state index contributed by atoms with van der Waals surface area (Å²) in [6, 6.07) is 16.6. The molecule has 0 aliphatic heterocycles. The summed E-state index contributed by atoms with van der Waals surface area (Å²) in [5.74, 6) is 0. The molecule has 0 radical (unpaired) electrons. The van der Waals surface area contributed by atoms with E-state index in [1.165, 1.54) is 12.1 Å². The number of hydrogen-bond donors (Lipinski definition) is 0. The lowest BCUT2D eigenvalue weighted by Crippen LogP contribution is -1.98. The van der Waals surface area contributed by atoms with Crippen molar-refractivity contribution < 1.29 is 4.92 Å². The molecule has 0 spiro atoms. The topological polar surface area (TPSA) is 61.0 Å². The summed E-state index contributed by atoms with van der Waals surface area (Å²) >= 11 is 0. The second kappa shape index (κ2) is 6.70. The summed E-state index contributed by atoms with van der Waals surface area (Å²) in [7, 11) is 0. The first-order valence-electron chi connectivity index (χ1n) is 7.18. The molecule has 1 aromatic heterocycles. The zero-order valence-corrected chi connectivity index (χ0v) is 12.4. The van der Waals surface area contributed by atoms with E-state index in [0.29, 0.717) is 6.54 Å². The Hall–Kier alpha value is -3.21. The SMILES string of the molecule is O=[N+]([O-])c1ccc(/C(=C\c2ccccc2)Cn2ccnc2)cc1. The van der Waals surface area contributed by atoms with Gasteiger partial charge in [-0.1, -0.05) is 30.3 Å². The fourth-order valence-corrected chi connectivity index (χ4v) is 2.34. The maximum Gasteiger partial charge on any atom is 0.269 e. The van der Waals surface area contributed by atoms with E-state index in [1.54, 1.807) is 24.7 Å². The number of nitro benzene ring substituents is 1. The number of benzene rings is 2. The van der Waals surface area contributed by atoms with Gasteiger partial charge in [0.05, 0.1) is 11.3 Å². The van der Waals surface area contributed by atoms with Gasteiger partial charge in [-0.05, 0) is 34.9 Å². The van der Waals surface area contributed by atoms with Gasteiger partial charge in [0.2, 0.25) is 0 Å². The zero-order chi connectivity index (χ0) is 16.1. The highest BCUT2D eigenvalue weighted by atomic mass is 16.6. The maximum atomic E-state index is 10.8. The Morgan fingerprint density at radius 2 is 1.87 bits per heavy atom. The minimum absolute atomic E-state index is 0.0930. The van der Waals surface area contributed by atoms with Crippen LogP contribution in [0.5, 0.6) is 0 Å². The Balaban J connectivity index is 1.97. The second-order valence-corrected chi connectivity index (χ2v) is 5.12. The van der Waals surface area contributed by atoms with E-state index < -0.39 is 0 Å². The van der Waals surface area contributed by atoms with Crippen LogP contribution in [0.1, 0.15) is 11.1 Å². The molecule has 0 saturated carbocycles. The first kappa shape index (κ1) is 14.7. The van der Waals surface area contributed by atoms with Crippen LogP contribution in [0.3, 0.4) is 0 Å². The molecule has 0 N–H and O–H groups in total. The van der Waals surface area contributed by atoms with Crippen LogP contribution in [0, 0.1) is 10.1 Å². The summed E-state index contributed by atoms with van der Waals surface area (Å²) < 4.78 is 1.97. The number of imidazole rings is 1. The number of nitrogens with zero attached hydrogens (tertiary/aromatic N) is 3. The first-order chi connectivity index (χ1) is 11.2. The van der Waals surface area contributed by atoms with E-state index in [-0.39, 0.29) is 10.6 Å². The van der Waals surface area contributed by atoms with Gasteiger partial charge in [0.25, 0.3) is 5.69 Å². The van der Waals surface area contributed by atoms with Gasteiger partial charge in [-0.2, -0.15) is 0 Å². The number of aromatic nitrogens is 2. The summed E-state index contributed by atoms with van der Waals surface area (Å²) in [6.45, 7) is 0.646. The smallest absolute Gasteiger partial charge is 0.269 e. The monoisotopic (exact) mass is 305 g/mol. The third-order valence-corrected chi connectivity index (χ3v) is 3.50. The Kier molecular flexibility index (Phi) is 4.29. The maximum absolute atomic E-state index is 10.8. The van der Waals surface area contributed by atoms with Gasteiger partial charge in [-0.3, -0.25) is 10.1 Å². The average Bonchev–Trinajstić information content (AvgIpc) is 3.08. The molecule has 0 bridgehead atoms. The molecule has 0 saturated heterocycles. The van der Waals surface area contributed by atoms with E-state index in [2.05, 4.69) is 11.1 Å². The van der Waals surface area contributed by atoms with E-state index in [4.69, 9.17) is 0 Å². The highest BCUT2D eigenvalue weighted by molar-refractivity contribution is 5.81. The lowest BCUT2D eigenvalue weighted by atomic mass is 10.0. The van der Waals surface area contributed by atoms with Gasteiger partial charge in [-0.25, -0.2) is 4.98 Å². The molecule has 1 heterocycles. The molecule has 0 fully saturated rings. The molecule has 5 heteroatoms. The quantitative estimate of drug-likeness (QED) is 0.406. The van der Waals surface area contributed by atoms with Crippen LogP contribution >= 0.6 is 0 Å². The molecular weight excluding hydrogens is 290 g/mol. The van der Waals surface area contributed by atoms with E-state index in [9.17, 15) is 10.1 Å². The molecule has 5 nitrogen and oxygen atoms in total. The number of allylic oxidation sites excluding steroid dienone is 1. The largest absolute Gasteiger partial charge is 0.333 e. The Bertz CT molecular complexity index is 807. The molecule has 3 aromatic rings. The van der Waals surface area contributed by atoms with E-state index in [1.807, 2.05) is 41.1 Å². The molecule has 2 aromatic carbocycles. The van der Waals surface area contributed by atoms with Gasteiger partial charge in [0.1, 0.15) is 0 Å². The summed E-state index contributed by atoms with van der Waals surface area (Å²) in [5, 5.41) is 10.8. The van der Waals surface area contributed by atoms with Crippen LogP contribution in [0.15, 0.2) is 73.3 Å². The zero-order valence-electron chi connectivity index (χ0n) is 12.4. The highest BCUT2D eigenvalue weighted by Crippen LogP contribution is 2.23. The first-order valence-corrected chi connectivity index (χ1v) is 7.18. The molecular formula is C18H15N3O2. The third kappa shape index (κ3) is 3.71. The van der Waals surface area contributed by atoms with Crippen molar-refractivity contribution in [2.24, 2.45) is 0 Å². The standard InChI is InChI=1S/C18H15N3O2/c22-21(23)18-8-6-16(7-9-18)17(13-20-11-10-19-14-20)12-15-4-2-1-3-5-15/h1-12,14H,13H2/b17-12-. The average molecular weight is 305 g/mol. The predicted molar refractivity (Wildman–Crippen MR) is 89.6 cm³/mol. The minimum Gasteiger partial charge on any atom is -0.333 e. The van der Waals surface area contributed by atoms with Gasteiger partial charge >= 0.3 is 0 Å². The van der Waals surface area contributed by atoms with E-state index in [0.717, 1.165) is 16.7 Å². The Labute approximate surface area is 133 Å². The van der Waals surface area contributed by atoms with Gasteiger partial charge in [-0.15, -0.1) is 0 Å². The lowest BCUT2D eigenvalue weighted by Gasteiger charge is -2.09. The van der Waals surface area contributed by atoms with Crippen LogP contribution in [0.25, 0.3) is 11.6 Å². The van der Waals surface area contributed by atoms with Crippen molar-refractivity contribution in [2.75, 3.05) is 0 Å². The Morgan fingerprint density at radius 3 is 2.48 bits per heavy atom. The molecule has 0 aliphatic carbocycles. The molecule has 114 valence electrons. The number of rotatable bonds is 5. The Morgan fingerprint density at radius 1 is 1.13 bits per heavy atom. The molecule has 23 heavy (non-hydrogen) atoms. The summed E-state index contributed by atoms with van der Waals surface area (Å²) in [6.07, 6.45) is 7.46. The van der Waals surface area contributed by atoms with Gasteiger partial charge in [0.15, 0.2) is 0 Å². The van der Waals surface area contributed by atoms with Crippen molar-refractivity contribution in [1.82, 2.24) is 9.55 Å². The van der Waals surface area contributed by atoms with Crippen molar-refractivity contribution >= 4 is 17.3 Å². The molecule has 0 amide bonds. The van der Waals surface area contributed by atoms with Crippen LogP contribution in [-0.2, 0) is 6.54 Å². The summed E-state index contributed by atoms with van der Waals surface area (Å²) in [4.78, 5) is 14.5. The van der Waals surface area contributed by atoms with Crippen LogP contribution in [0.2, 0.25) is 0 Å².